The van der Waals surface area contributed by atoms with E-state index in [1.165, 1.54) is 12.1 Å². The molecule has 0 aliphatic carbocycles. The van der Waals surface area contributed by atoms with E-state index in [1.54, 1.807) is 6.07 Å². The van der Waals surface area contributed by atoms with Crippen LogP contribution in [0.4, 0.5) is 4.39 Å². The molecule has 18 heavy (non-hydrogen) atoms. The number of fused-ring (bicyclic) bond motifs is 1. The standard InChI is InChI=1S/C14H15FN2O/c1-2-16-14(18)8-6-12-5-3-10-9-11(15)4-7-13(10)17-12/h3-5,7,9H,2,6,8H2,1H3,(H,16,18). The van der Waals surface area contributed by atoms with Gasteiger partial charge in [0.15, 0.2) is 0 Å². The number of hydrogen-bond donors (Lipinski definition) is 1. The zero-order valence-corrected chi connectivity index (χ0v) is 10.2. The summed E-state index contributed by atoms with van der Waals surface area (Å²) in [6, 6.07) is 8.17. The molecule has 0 aliphatic heterocycles. The van der Waals surface area contributed by atoms with Crippen molar-refractivity contribution in [3.8, 4) is 0 Å². The van der Waals surface area contributed by atoms with Crippen LogP contribution in [0, 0.1) is 5.82 Å². The van der Waals surface area contributed by atoms with E-state index < -0.39 is 0 Å². The highest BCUT2D eigenvalue weighted by atomic mass is 19.1. The van der Waals surface area contributed by atoms with Gasteiger partial charge in [0, 0.05) is 24.0 Å². The van der Waals surface area contributed by atoms with Crippen LogP contribution in [0.15, 0.2) is 30.3 Å². The molecular weight excluding hydrogens is 231 g/mol. The first kappa shape index (κ1) is 12.5. The summed E-state index contributed by atoms with van der Waals surface area (Å²) in [5.41, 5.74) is 1.60. The maximum absolute atomic E-state index is 13.0. The molecule has 4 heteroatoms. The van der Waals surface area contributed by atoms with Crippen molar-refractivity contribution >= 4 is 16.8 Å². The average molecular weight is 246 g/mol. The Kier molecular flexibility index (Phi) is 3.87. The number of aryl methyl sites for hydroxylation is 1. The molecule has 0 radical (unpaired) electrons. The Morgan fingerprint density at radius 1 is 1.33 bits per heavy atom. The van der Waals surface area contributed by atoms with Gasteiger partial charge in [0.25, 0.3) is 0 Å². The van der Waals surface area contributed by atoms with E-state index in [0.717, 1.165) is 16.6 Å². The van der Waals surface area contributed by atoms with Crippen LogP contribution in [0.2, 0.25) is 0 Å². The van der Waals surface area contributed by atoms with Gasteiger partial charge in [0.2, 0.25) is 5.91 Å². The summed E-state index contributed by atoms with van der Waals surface area (Å²) >= 11 is 0. The Morgan fingerprint density at radius 3 is 2.94 bits per heavy atom. The van der Waals surface area contributed by atoms with Crippen LogP contribution in [0.3, 0.4) is 0 Å². The Bertz CT molecular complexity index is 569. The van der Waals surface area contributed by atoms with Gasteiger partial charge in [-0.05, 0) is 37.6 Å². The molecule has 2 rings (SSSR count). The van der Waals surface area contributed by atoms with E-state index in [4.69, 9.17) is 0 Å². The lowest BCUT2D eigenvalue weighted by Gasteiger charge is -2.04. The molecule has 0 saturated heterocycles. The third-order valence-electron chi connectivity index (χ3n) is 2.69. The second-order valence-corrected chi connectivity index (χ2v) is 4.09. The molecule has 0 bridgehead atoms. The summed E-state index contributed by atoms with van der Waals surface area (Å²) in [6.07, 6.45) is 1.02. The maximum atomic E-state index is 13.0. The Labute approximate surface area is 105 Å². The minimum atomic E-state index is -0.264. The lowest BCUT2D eigenvalue weighted by molar-refractivity contribution is -0.120. The summed E-state index contributed by atoms with van der Waals surface area (Å²) in [4.78, 5) is 15.7. The molecule has 2 aromatic rings. The fourth-order valence-corrected chi connectivity index (χ4v) is 1.81. The van der Waals surface area contributed by atoms with Gasteiger partial charge < -0.3 is 5.32 Å². The first-order valence-electron chi connectivity index (χ1n) is 6.01. The number of halogens is 1. The molecule has 0 aliphatic rings. The van der Waals surface area contributed by atoms with Crippen LogP contribution in [0.25, 0.3) is 10.9 Å². The SMILES string of the molecule is CCNC(=O)CCc1ccc2cc(F)ccc2n1. The largest absolute Gasteiger partial charge is 0.356 e. The first-order valence-corrected chi connectivity index (χ1v) is 6.01. The number of aromatic nitrogens is 1. The smallest absolute Gasteiger partial charge is 0.220 e. The third kappa shape index (κ3) is 3.03. The van der Waals surface area contributed by atoms with Gasteiger partial charge in [-0.25, -0.2) is 4.39 Å². The number of nitrogens with zero attached hydrogens (tertiary/aromatic N) is 1. The van der Waals surface area contributed by atoms with Gasteiger partial charge in [-0.15, -0.1) is 0 Å². The summed E-state index contributed by atoms with van der Waals surface area (Å²) in [6.45, 7) is 2.53. The highest BCUT2D eigenvalue weighted by molar-refractivity contribution is 5.79. The third-order valence-corrected chi connectivity index (χ3v) is 2.69. The van der Waals surface area contributed by atoms with Gasteiger partial charge in [-0.3, -0.25) is 9.78 Å². The lowest BCUT2D eigenvalue weighted by Crippen LogP contribution is -2.22. The van der Waals surface area contributed by atoms with Crippen LogP contribution >= 0.6 is 0 Å². The zero-order chi connectivity index (χ0) is 13.0. The number of pyridine rings is 1. The van der Waals surface area contributed by atoms with Crippen LogP contribution in [0.5, 0.6) is 0 Å². The van der Waals surface area contributed by atoms with Crippen molar-refractivity contribution in [2.45, 2.75) is 19.8 Å². The van der Waals surface area contributed by atoms with Gasteiger partial charge in [-0.2, -0.15) is 0 Å². The Hall–Kier alpha value is -1.97. The van der Waals surface area contributed by atoms with E-state index in [9.17, 15) is 9.18 Å². The number of carbonyl (C=O) groups is 1. The molecule has 94 valence electrons. The van der Waals surface area contributed by atoms with Crippen molar-refractivity contribution in [3.05, 3.63) is 41.8 Å². The van der Waals surface area contributed by atoms with E-state index in [2.05, 4.69) is 10.3 Å². The van der Waals surface area contributed by atoms with Crippen LogP contribution < -0.4 is 5.32 Å². The van der Waals surface area contributed by atoms with Crippen molar-refractivity contribution in [3.63, 3.8) is 0 Å². The molecule has 1 aromatic carbocycles. The topological polar surface area (TPSA) is 42.0 Å². The predicted molar refractivity (Wildman–Crippen MR) is 68.7 cm³/mol. The molecule has 3 nitrogen and oxygen atoms in total. The first-order chi connectivity index (χ1) is 8.69. The lowest BCUT2D eigenvalue weighted by atomic mass is 10.1. The quantitative estimate of drug-likeness (QED) is 0.900. The highest BCUT2D eigenvalue weighted by Crippen LogP contribution is 2.14. The van der Waals surface area contributed by atoms with Crippen molar-refractivity contribution < 1.29 is 9.18 Å². The molecule has 1 aromatic heterocycles. The van der Waals surface area contributed by atoms with E-state index >= 15 is 0 Å². The monoisotopic (exact) mass is 246 g/mol. The Balaban J connectivity index is 2.10. The summed E-state index contributed by atoms with van der Waals surface area (Å²) < 4.78 is 13.0. The van der Waals surface area contributed by atoms with Crippen molar-refractivity contribution in [2.75, 3.05) is 6.54 Å². The van der Waals surface area contributed by atoms with Crippen LogP contribution in [0.1, 0.15) is 19.0 Å². The number of nitrogens with one attached hydrogen (secondary N) is 1. The van der Waals surface area contributed by atoms with Gasteiger partial charge in [0.1, 0.15) is 5.82 Å². The fraction of sp³-hybridized carbons (Fsp3) is 0.286. The normalized spacial score (nSPS) is 10.6. The van der Waals surface area contributed by atoms with Gasteiger partial charge in [-0.1, -0.05) is 6.07 Å². The molecule has 0 fully saturated rings. The summed E-state index contributed by atoms with van der Waals surface area (Å²) in [7, 11) is 0. The molecular formula is C14H15FN2O. The van der Waals surface area contributed by atoms with Gasteiger partial charge >= 0.3 is 0 Å². The van der Waals surface area contributed by atoms with Crippen molar-refractivity contribution in [1.82, 2.24) is 10.3 Å². The number of carbonyl (C=O) groups excluding carboxylic acids is 1. The highest BCUT2D eigenvalue weighted by Gasteiger charge is 2.03. The molecule has 0 spiro atoms. The van der Waals surface area contributed by atoms with Gasteiger partial charge in [0.05, 0.1) is 5.52 Å². The van der Waals surface area contributed by atoms with Crippen molar-refractivity contribution in [1.29, 1.82) is 0 Å². The van der Waals surface area contributed by atoms with E-state index in [1.807, 2.05) is 19.1 Å². The second kappa shape index (κ2) is 5.58. The predicted octanol–water partition coefficient (Wildman–Crippen LogP) is 2.44. The Morgan fingerprint density at radius 2 is 2.17 bits per heavy atom. The molecule has 0 atom stereocenters. The number of hydrogen-bond acceptors (Lipinski definition) is 2. The number of rotatable bonds is 4. The molecule has 0 unspecified atom stereocenters. The summed E-state index contributed by atoms with van der Waals surface area (Å²) in [5, 5.41) is 3.52. The number of benzene rings is 1. The maximum Gasteiger partial charge on any atom is 0.220 e. The summed E-state index contributed by atoms with van der Waals surface area (Å²) in [5.74, 6) is -0.238. The minimum Gasteiger partial charge on any atom is -0.356 e. The van der Waals surface area contributed by atoms with Crippen LogP contribution in [-0.2, 0) is 11.2 Å². The minimum absolute atomic E-state index is 0.0264. The van der Waals surface area contributed by atoms with Crippen LogP contribution in [-0.4, -0.2) is 17.4 Å². The molecule has 0 saturated carbocycles. The molecule has 1 amide bonds. The second-order valence-electron chi connectivity index (χ2n) is 4.09. The fourth-order valence-electron chi connectivity index (χ4n) is 1.81. The number of amides is 1. The van der Waals surface area contributed by atoms with E-state index in [-0.39, 0.29) is 11.7 Å². The average Bonchev–Trinajstić information content (AvgIpc) is 2.36. The molecule has 1 N–H and O–H groups in total. The van der Waals surface area contributed by atoms with Crippen molar-refractivity contribution in [2.24, 2.45) is 0 Å². The van der Waals surface area contributed by atoms with E-state index in [0.29, 0.717) is 19.4 Å². The molecule has 1 heterocycles. The zero-order valence-electron chi connectivity index (χ0n) is 10.2.